The van der Waals surface area contributed by atoms with E-state index in [1.807, 2.05) is 37.2 Å². The summed E-state index contributed by atoms with van der Waals surface area (Å²) in [6.07, 6.45) is 1.79. The SMILES string of the molecule is C.C.Cc1ccnn1C.Cc1ncsc1C. The fraction of sp³-hybridized carbons (Fsp3) is 0.500. The Hall–Kier alpha value is -1.16. The highest BCUT2D eigenvalue weighted by Gasteiger charge is 1.89. The van der Waals surface area contributed by atoms with Crippen LogP contribution in [0.4, 0.5) is 0 Å². The number of thiazole rings is 1. The Labute approximate surface area is 103 Å². The van der Waals surface area contributed by atoms with Crippen molar-refractivity contribution >= 4 is 11.3 Å². The highest BCUT2D eigenvalue weighted by molar-refractivity contribution is 7.09. The number of nitrogens with zero attached hydrogens (tertiary/aromatic N) is 3. The molecule has 2 rings (SSSR count). The molecule has 2 aromatic heterocycles. The number of hydrogen-bond donors (Lipinski definition) is 0. The molecule has 0 bridgehead atoms. The molecule has 0 saturated carbocycles. The number of aryl methyl sites for hydroxylation is 4. The second-order valence-electron chi connectivity index (χ2n) is 3.09. The quantitative estimate of drug-likeness (QED) is 0.703. The summed E-state index contributed by atoms with van der Waals surface area (Å²) in [6, 6.07) is 1.97. The van der Waals surface area contributed by atoms with Crippen LogP contribution in [-0.2, 0) is 7.05 Å². The van der Waals surface area contributed by atoms with Gasteiger partial charge in [0, 0.05) is 23.8 Å². The number of rotatable bonds is 0. The van der Waals surface area contributed by atoms with Gasteiger partial charge in [-0.3, -0.25) is 4.68 Å². The molecule has 3 nitrogen and oxygen atoms in total. The first-order valence-electron chi connectivity index (χ1n) is 4.42. The van der Waals surface area contributed by atoms with Gasteiger partial charge in [0.1, 0.15) is 0 Å². The van der Waals surface area contributed by atoms with Crippen molar-refractivity contribution in [3.05, 3.63) is 34.0 Å². The molecule has 0 aliphatic heterocycles. The van der Waals surface area contributed by atoms with Gasteiger partial charge in [-0.1, -0.05) is 14.9 Å². The fourth-order valence-electron chi connectivity index (χ4n) is 0.801. The van der Waals surface area contributed by atoms with E-state index >= 15 is 0 Å². The van der Waals surface area contributed by atoms with Crippen LogP contribution in [0.25, 0.3) is 0 Å². The van der Waals surface area contributed by atoms with Crippen LogP contribution in [0.5, 0.6) is 0 Å². The maximum absolute atomic E-state index is 4.03. The van der Waals surface area contributed by atoms with Gasteiger partial charge in [0.15, 0.2) is 0 Å². The molecule has 0 saturated heterocycles. The standard InChI is InChI=1S/C5H8N2.C5H7NS.2CH4/c1-5-3-4-6-7(5)2;1-4-5(2)7-3-6-4;;/h3-4H,1-2H3;3H,1-2H3;2*1H4. The topological polar surface area (TPSA) is 30.7 Å². The Morgan fingerprint density at radius 2 is 1.81 bits per heavy atom. The molecule has 0 atom stereocenters. The van der Waals surface area contributed by atoms with E-state index in [-0.39, 0.29) is 14.9 Å². The zero-order valence-corrected chi connectivity index (χ0v) is 9.80. The van der Waals surface area contributed by atoms with Gasteiger partial charge in [0.2, 0.25) is 0 Å². The van der Waals surface area contributed by atoms with Crippen LogP contribution in [0.1, 0.15) is 31.1 Å². The van der Waals surface area contributed by atoms with E-state index in [1.165, 1.54) is 10.6 Å². The van der Waals surface area contributed by atoms with Crippen molar-refractivity contribution in [2.45, 2.75) is 35.6 Å². The van der Waals surface area contributed by atoms with Crippen molar-refractivity contribution < 1.29 is 0 Å². The molecule has 0 spiro atoms. The van der Waals surface area contributed by atoms with Gasteiger partial charge in [-0.15, -0.1) is 11.3 Å². The minimum atomic E-state index is 0. The highest BCUT2D eigenvalue weighted by Crippen LogP contribution is 2.07. The van der Waals surface area contributed by atoms with Crippen molar-refractivity contribution in [1.82, 2.24) is 14.8 Å². The van der Waals surface area contributed by atoms with Gasteiger partial charge < -0.3 is 0 Å². The lowest BCUT2D eigenvalue weighted by atomic mass is 10.4. The summed E-state index contributed by atoms with van der Waals surface area (Å²) in [5.41, 5.74) is 4.22. The van der Waals surface area contributed by atoms with Gasteiger partial charge in [-0.2, -0.15) is 5.10 Å². The van der Waals surface area contributed by atoms with Gasteiger partial charge >= 0.3 is 0 Å². The van der Waals surface area contributed by atoms with Crippen LogP contribution in [-0.4, -0.2) is 14.8 Å². The zero-order chi connectivity index (χ0) is 10.6. The van der Waals surface area contributed by atoms with Gasteiger partial charge in [-0.05, 0) is 26.8 Å². The summed E-state index contributed by atoms with van der Waals surface area (Å²) < 4.78 is 1.83. The smallest absolute Gasteiger partial charge is 0.0797 e. The first-order chi connectivity index (χ1) is 6.61. The van der Waals surface area contributed by atoms with Crippen LogP contribution in [0, 0.1) is 20.8 Å². The molecule has 0 radical (unpaired) electrons. The Morgan fingerprint density at radius 1 is 1.19 bits per heavy atom. The molecule has 2 heterocycles. The van der Waals surface area contributed by atoms with Crippen molar-refractivity contribution in [2.75, 3.05) is 0 Å². The van der Waals surface area contributed by atoms with E-state index in [2.05, 4.69) is 17.0 Å². The molecular formula is C12H23N3S. The Balaban J connectivity index is 0. The fourth-order valence-corrected chi connectivity index (χ4v) is 1.39. The first kappa shape index (κ1) is 17.2. The molecule has 0 aliphatic rings. The third-order valence-electron chi connectivity index (χ3n) is 2.05. The van der Waals surface area contributed by atoms with E-state index in [0.29, 0.717) is 0 Å². The molecule has 0 N–H and O–H groups in total. The Kier molecular flexibility index (Phi) is 8.67. The van der Waals surface area contributed by atoms with Crippen LogP contribution < -0.4 is 0 Å². The first-order valence-corrected chi connectivity index (χ1v) is 5.30. The van der Waals surface area contributed by atoms with E-state index in [1.54, 1.807) is 17.5 Å². The lowest BCUT2D eigenvalue weighted by Crippen LogP contribution is -1.90. The van der Waals surface area contributed by atoms with Crippen molar-refractivity contribution in [3.63, 3.8) is 0 Å². The Morgan fingerprint density at radius 3 is 1.94 bits per heavy atom. The van der Waals surface area contributed by atoms with Crippen LogP contribution in [0.3, 0.4) is 0 Å². The summed E-state index contributed by atoms with van der Waals surface area (Å²) in [5.74, 6) is 0. The summed E-state index contributed by atoms with van der Waals surface area (Å²) >= 11 is 1.69. The summed E-state index contributed by atoms with van der Waals surface area (Å²) in [5, 5.41) is 3.93. The third-order valence-corrected chi connectivity index (χ3v) is 2.91. The molecule has 0 aromatic carbocycles. The summed E-state index contributed by atoms with van der Waals surface area (Å²) in [7, 11) is 1.93. The van der Waals surface area contributed by atoms with E-state index in [0.717, 1.165) is 5.69 Å². The van der Waals surface area contributed by atoms with Gasteiger partial charge in [-0.25, -0.2) is 4.98 Å². The minimum absolute atomic E-state index is 0. The molecule has 16 heavy (non-hydrogen) atoms. The average Bonchev–Trinajstić information content (AvgIpc) is 2.67. The molecule has 0 amide bonds. The molecule has 2 aromatic rings. The van der Waals surface area contributed by atoms with Crippen LogP contribution >= 0.6 is 11.3 Å². The van der Waals surface area contributed by atoms with Crippen LogP contribution in [0.15, 0.2) is 17.8 Å². The number of hydrogen-bond acceptors (Lipinski definition) is 3. The number of aromatic nitrogens is 3. The molecule has 0 fully saturated rings. The summed E-state index contributed by atoms with van der Waals surface area (Å²) in [4.78, 5) is 5.35. The maximum atomic E-state index is 4.03. The lowest BCUT2D eigenvalue weighted by molar-refractivity contribution is 0.740. The zero-order valence-electron chi connectivity index (χ0n) is 8.98. The highest BCUT2D eigenvalue weighted by atomic mass is 32.1. The second kappa shape index (κ2) is 8.05. The van der Waals surface area contributed by atoms with E-state index in [9.17, 15) is 0 Å². The molecule has 4 heteroatoms. The third kappa shape index (κ3) is 5.07. The van der Waals surface area contributed by atoms with E-state index in [4.69, 9.17) is 0 Å². The average molecular weight is 241 g/mol. The second-order valence-corrected chi connectivity index (χ2v) is 4.15. The van der Waals surface area contributed by atoms with Crippen molar-refractivity contribution in [3.8, 4) is 0 Å². The maximum Gasteiger partial charge on any atom is 0.0797 e. The summed E-state index contributed by atoms with van der Waals surface area (Å²) in [6.45, 7) is 6.12. The van der Waals surface area contributed by atoms with Gasteiger partial charge in [0.25, 0.3) is 0 Å². The van der Waals surface area contributed by atoms with E-state index < -0.39 is 0 Å². The normalized spacial score (nSPS) is 8.25. The van der Waals surface area contributed by atoms with Crippen LogP contribution in [0.2, 0.25) is 0 Å². The molecule has 92 valence electrons. The lowest BCUT2D eigenvalue weighted by Gasteiger charge is -1.87. The Bertz CT molecular complexity index is 319. The molecule has 0 aliphatic carbocycles. The largest absolute Gasteiger partial charge is 0.273 e. The predicted molar refractivity (Wildman–Crippen MR) is 73.0 cm³/mol. The monoisotopic (exact) mass is 241 g/mol. The predicted octanol–water partition coefficient (Wildman–Crippen LogP) is 3.76. The molecular weight excluding hydrogens is 218 g/mol. The van der Waals surface area contributed by atoms with Gasteiger partial charge in [0.05, 0.1) is 11.2 Å². The van der Waals surface area contributed by atoms with Crippen molar-refractivity contribution in [1.29, 1.82) is 0 Å². The van der Waals surface area contributed by atoms with Crippen molar-refractivity contribution in [2.24, 2.45) is 7.05 Å². The molecule has 0 unspecified atom stereocenters. The minimum Gasteiger partial charge on any atom is -0.273 e.